The van der Waals surface area contributed by atoms with E-state index in [1.165, 1.54) is 16.7 Å². The molecule has 0 saturated heterocycles. The van der Waals surface area contributed by atoms with E-state index in [0.717, 1.165) is 16.5 Å². The van der Waals surface area contributed by atoms with Crippen LogP contribution in [0, 0.1) is 5.82 Å². The fourth-order valence-electron chi connectivity index (χ4n) is 2.78. The summed E-state index contributed by atoms with van der Waals surface area (Å²) in [5, 5.41) is 0.792. The first-order chi connectivity index (χ1) is 12.1. The average Bonchev–Trinajstić information content (AvgIpc) is 3.11. The third kappa shape index (κ3) is 2.67. The molecule has 0 aliphatic rings. The number of aryl methyl sites for hydroxylation is 1. The van der Waals surface area contributed by atoms with Crippen LogP contribution in [-0.2, 0) is 7.05 Å². The molecule has 0 bridgehead atoms. The maximum Gasteiger partial charge on any atom is 0.274 e. The maximum absolute atomic E-state index is 13.1. The van der Waals surface area contributed by atoms with Crippen LogP contribution in [0.1, 0.15) is 0 Å². The van der Waals surface area contributed by atoms with E-state index in [1.807, 2.05) is 12.1 Å². The van der Waals surface area contributed by atoms with Crippen LogP contribution in [0.5, 0.6) is 11.6 Å². The SMILES string of the molecule is Cn1cc(-c2cccnc2Oc2ccc(F)cc2)c2cc[nH]c2c1=O. The number of fused-ring (bicyclic) bond motifs is 1. The summed E-state index contributed by atoms with van der Waals surface area (Å²) in [4.78, 5) is 19.5. The summed E-state index contributed by atoms with van der Waals surface area (Å²) in [6.45, 7) is 0. The summed E-state index contributed by atoms with van der Waals surface area (Å²) >= 11 is 0. The smallest absolute Gasteiger partial charge is 0.274 e. The molecule has 0 aliphatic heterocycles. The van der Waals surface area contributed by atoms with E-state index < -0.39 is 0 Å². The van der Waals surface area contributed by atoms with E-state index in [9.17, 15) is 9.18 Å². The molecule has 1 aromatic carbocycles. The van der Waals surface area contributed by atoms with Crippen molar-refractivity contribution in [1.82, 2.24) is 14.5 Å². The highest BCUT2D eigenvalue weighted by Crippen LogP contribution is 2.34. The Morgan fingerprint density at radius 3 is 2.72 bits per heavy atom. The van der Waals surface area contributed by atoms with Gasteiger partial charge in [-0.05, 0) is 42.5 Å². The fraction of sp³-hybridized carbons (Fsp3) is 0.0526. The number of hydrogen-bond donors (Lipinski definition) is 1. The van der Waals surface area contributed by atoms with Gasteiger partial charge >= 0.3 is 0 Å². The molecule has 5 nitrogen and oxygen atoms in total. The number of aromatic nitrogens is 3. The monoisotopic (exact) mass is 335 g/mol. The highest BCUT2D eigenvalue weighted by Gasteiger charge is 2.15. The molecule has 4 rings (SSSR count). The van der Waals surface area contributed by atoms with Gasteiger partial charge in [-0.3, -0.25) is 4.79 Å². The van der Waals surface area contributed by atoms with Gasteiger partial charge in [0.15, 0.2) is 0 Å². The molecule has 3 heterocycles. The van der Waals surface area contributed by atoms with Crippen molar-refractivity contribution in [2.24, 2.45) is 7.05 Å². The average molecular weight is 335 g/mol. The van der Waals surface area contributed by atoms with Crippen LogP contribution in [0.4, 0.5) is 4.39 Å². The Balaban J connectivity index is 1.87. The van der Waals surface area contributed by atoms with Crippen molar-refractivity contribution in [2.75, 3.05) is 0 Å². The van der Waals surface area contributed by atoms with Crippen molar-refractivity contribution in [3.63, 3.8) is 0 Å². The first kappa shape index (κ1) is 15.1. The van der Waals surface area contributed by atoms with Crippen molar-refractivity contribution in [3.05, 3.63) is 77.2 Å². The minimum Gasteiger partial charge on any atom is -0.438 e. The highest BCUT2D eigenvalue weighted by molar-refractivity contribution is 5.95. The predicted octanol–water partition coefficient (Wildman–Crippen LogP) is 3.86. The van der Waals surface area contributed by atoms with Gasteiger partial charge in [-0.15, -0.1) is 0 Å². The van der Waals surface area contributed by atoms with Gasteiger partial charge in [-0.25, -0.2) is 9.37 Å². The van der Waals surface area contributed by atoms with Gasteiger partial charge in [-0.2, -0.15) is 0 Å². The van der Waals surface area contributed by atoms with E-state index >= 15 is 0 Å². The lowest BCUT2D eigenvalue weighted by atomic mass is 10.1. The molecule has 0 fully saturated rings. The lowest BCUT2D eigenvalue weighted by Gasteiger charge is -2.12. The van der Waals surface area contributed by atoms with Crippen molar-refractivity contribution in [2.45, 2.75) is 0 Å². The van der Waals surface area contributed by atoms with Crippen molar-refractivity contribution in [1.29, 1.82) is 0 Å². The number of halogens is 1. The van der Waals surface area contributed by atoms with Crippen LogP contribution in [0.3, 0.4) is 0 Å². The highest BCUT2D eigenvalue weighted by atomic mass is 19.1. The van der Waals surface area contributed by atoms with Gasteiger partial charge in [0.05, 0.1) is 0 Å². The number of ether oxygens (including phenoxy) is 1. The molecule has 6 heteroatoms. The Kier molecular flexibility index (Phi) is 3.57. The zero-order valence-electron chi connectivity index (χ0n) is 13.4. The first-order valence-corrected chi connectivity index (χ1v) is 7.69. The number of rotatable bonds is 3. The number of H-pyrrole nitrogens is 1. The minimum atomic E-state index is -0.333. The second kappa shape index (κ2) is 5.90. The van der Waals surface area contributed by atoms with Crippen LogP contribution in [0.15, 0.2) is 65.8 Å². The lowest BCUT2D eigenvalue weighted by Crippen LogP contribution is -2.16. The molecule has 0 radical (unpaired) electrons. The van der Waals surface area contributed by atoms with Gasteiger partial charge in [0.2, 0.25) is 5.88 Å². The quantitative estimate of drug-likeness (QED) is 0.618. The molecule has 0 amide bonds. The Morgan fingerprint density at radius 1 is 1.12 bits per heavy atom. The Labute approximate surface area is 142 Å². The van der Waals surface area contributed by atoms with Crippen molar-refractivity contribution >= 4 is 10.9 Å². The van der Waals surface area contributed by atoms with Gasteiger partial charge in [-0.1, -0.05) is 0 Å². The third-order valence-corrected chi connectivity index (χ3v) is 3.98. The van der Waals surface area contributed by atoms with Gasteiger partial charge < -0.3 is 14.3 Å². The number of benzene rings is 1. The molecule has 3 aromatic heterocycles. The molecule has 1 N–H and O–H groups in total. The van der Waals surface area contributed by atoms with Crippen LogP contribution in [0.25, 0.3) is 22.0 Å². The van der Waals surface area contributed by atoms with E-state index in [4.69, 9.17) is 4.74 Å². The topological polar surface area (TPSA) is 59.9 Å². The number of aromatic amines is 1. The van der Waals surface area contributed by atoms with Crippen molar-refractivity contribution in [3.8, 4) is 22.8 Å². The lowest BCUT2D eigenvalue weighted by molar-refractivity contribution is 0.463. The van der Waals surface area contributed by atoms with Crippen LogP contribution >= 0.6 is 0 Å². The Bertz CT molecular complexity index is 1110. The summed E-state index contributed by atoms with van der Waals surface area (Å²) in [6, 6.07) is 11.3. The van der Waals surface area contributed by atoms with Gasteiger partial charge in [0.25, 0.3) is 5.56 Å². The summed E-state index contributed by atoms with van der Waals surface area (Å²) in [7, 11) is 1.70. The summed E-state index contributed by atoms with van der Waals surface area (Å²) in [6.07, 6.45) is 5.11. The number of nitrogens with one attached hydrogen (secondary N) is 1. The van der Waals surface area contributed by atoms with E-state index in [-0.39, 0.29) is 11.4 Å². The van der Waals surface area contributed by atoms with E-state index in [1.54, 1.807) is 43.8 Å². The van der Waals surface area contributed by atoms with Crippen LogP contribution in [0.2, 0.25) is 0 Å². The zero-order valence-corrected chi connectivity index (χ0v) is 13.4. The Hall–Kier alpha value is -3.41. The minimum absolute atomic E-state index is 0.103. The van der Waals surface area contributed by atoms with Crippen LogP contribution in [-0.4, -0.2) is 14.5 Å². The molecule has 0 spiro atoms. The van der Waals surface area contributed by atoms with Crippen LogP contribution < -0.4 is 10.3 Å². The number of pyridine rings is 2. The molecule has 0 unspecified atom stereocenters. The van der Waals surface area contributed by atoms with E-state index in [2.05, 4.69) is 9.97 Å². The summed E-state index contributed by atoms with van der Waals surface area (Å²) in [5.74, 6) is 0.535. The number of nitrogens with zero attached hydrogens (tertiary/aromatic N) is 2. The number of hydrogen-bond acceptors (Lipinski definition) is 3. The second-order valence-electron chi connectivity index (χ2n) is 5.64. The van der Waals surface area contributed by atoms with E-state index in [0.29, 0.717) is 17.1 Å². The molecule has 0 saturated carbocycles. The van der Waals surface area contributed by atoms with Crippen molar-refractivity contribution < 1.29 is 9.13 Å². The molecule has 0 atom stereocenters. The fourth-order valence-corrected chi connectivity index (χ4v) is 2.78. The first-order valence-electron chi connectivity index (χ1n) is 7.69. The normalized spacial score (nSPS) is 11.0. The molecular weight excluding hydrogens is 321 g/mol. The standard InChI is InChI=1S/C19H14FN3O2/c1-23-11-16(14-8-10-21-17(14)19(23)24)15-3-2-9-22-18(15)25-13-6-4-12(20)5-7-13/h2-11,21H,1H3. The van der Waals surface area contributed by atoms with Gasteiger partial charge in [0, 0.05) is 42.2 Å². The molecule has 124 valence electrons. The molecule has 4 aromatic rings. The third-order valence-electron chi connectivity index (χ3n) is 3.98. The molecule has 0 aliphatic carbocycles. The maximum atomic E-state index is 13.1. The zero-order chi connectivity index (χ0) is 17.4. The largest absolute Gasteiger partial charge is 0.438 e. The Morgan fingerprint density at radius 2 is 1.92 bits per heavy atom. The summed E-state index contributed by atoms with van der Waals surface area (Å²) < 4.78 is 20.4. The molecular formula is C19H14FN3O2. The van der Waals surface area contributed by atoms with Gasteiger partial charge in [0.1, 0.15) is 17.1 Å². The predicted molar refractivity (Wildman–Crippen MR) is 93.2 cm³/mol. The summed E-state index contributed by atoms with van der Waals surface area (Å²) in [5.41, 5.74) is 1.99. The second-order valence-corrected chi connectivity index (χ2v) is 5.64. The molecule has 25 heavy (non-hydrogen) atoms.